The highest BCUT2D eigenvalue weighted by Crippen LogP contribution is 2.37. The van der Waals surface area contributed by atoms with Crippen molar-refractivity contribution in [2.45, 2.75) is 12.5 Å². The Hall–Kier alpha value is -2.07. The van der Waals surface area contributed by atoms with E-state index in [0.717, 1.165) is 0 Å². The SMILES string of the molecule is O=C1CC(c2ccc(O)c(Cl)c2)Oc2ccc(F)cc21. The second kappa shape index (κ2) is 4.80. The number of rotatable bonds is 1. The molecule has 0 aliphatic carbocycles. The van der Waals surface area contributed by atoms with Crippen molar-refractivity contribution < 1.29 is 19.0 Å². The average Bonchev–Trinajstić information content (AvgIpc) is 2.42. The Morgan fingerprint density at radius 3 is 2.80 bits per heavy atom. The number of Topliss-reactive ketones (excluding diaryl/α,β-unsaturated/α-hetero) is 1. The number of phenolic OH excluding ortho intramolecular Hbond substituents is 1. The zero-order valence-corrected chi connectivity index (χ0v) is 11.0. The topological polar surface area (TPSA) is 46.5 Å². The molecule has 0 saturated heterocycles. The van der Waals surface area contributed by atoms with E-state index in [1.807, 2.05) is 0 Å². The molecule has 0 bridgehead atoms. The molecule has 2 aromatic carbocycles. The van der Waals surface area contributed by atoms with E-state index in [9.17, 15) is 14.3 Å². The molecule has 20 heavy (non-hydrogen) atoms. The fourth-order valence-electron chi connectivity index (χ4n) is 2.21. The minimum absolute atomic E-state index is 0.0278. The van der Waals surface area contributed by atoms with Crippen LogP contribution >= 0.6 is 11.6 Å². The normalized spacial score (nSPS) is 17.5. The predicted octanol–water partition coefficient (Wildman–Crippen LogP) is 3.89. The highest BCUT2D eigenvalue weighted by atomic mass is 35.5. The van der Waals surface area contributed by atoms with Gasteiger partial charge in [0.05, 0.1) is 17.0 Å². The zero-order chi connectivity index (χ0) is 14.3. The van der Waals surface area contributed by atoms with Crippen LogP contribution in [0.15, 0.2) is 36.4 Å². The van der Waals surface area contributed by atoms with Gasteiger partial charge in [-0.2, -0.15) is 0 Å². The Bertz CT molecular complexity index is 700. The van der Waals surface area contributed by atoms with Gasteiger partial charge >= 0.3 is 0 Å². The number of carbonyl (C=O) groups is 1. The highest BCUT2D eigenvalue weighted by molar-refractivity contribution is 6.32. The van der Waals surface area contributed by atoms with Gasteiger partial charge in [0.2, 0.25) is 0 Å². The summed E-state index contributed by atoms with van der Waals surface area (Å²) in [4.78, 5) is 12.0. The Morgan fingerprint density at radius 1 is 1.25 bits per heavy atom. The van der Waals surface area contributed by atoms with Crippen molar-refractivity contribution in [3.8, 4) is 11.5 Å². The van der Waals surface area contributed by atoms with Gasteiger partial charge in [0.15, 0.2) is 5.78 Å². The molecule has 1 unspecified atom stereocenters. The number of phenols is 1. The number of benzene rings is 2. The zero-order valence-electron chi connectivity index (χ0n) is 10.3. The van der Waals surface area contributed by atoms with Gasteiger partial charge in [-0.3, -0.25) is 4.79 Å². The lowest BCUT2D eigenvalue weighted by molar-refractivity contribution is 0.0849. The minimum Gasteiger partial charge on any atom is -0.506 e. The average molecular weight is 293 g/mol. The van der Waals surface area contributed by atoms with Crippen molar-refractivity contribution >= 4 is 17.4 Å². The summed E-state index contributed by atoms with van der Waals surface area (Å²) < 4.78 is 18.8. The number of halogens is 2. The second-order valence-corrected chi connectivity index (χ2v) is 4.99. The molecular weight excluding hydrogens is 283 g/mol. The van der Waals surface area contributed by atoms with E-state index in [-0.39, 0.29) is 28.5 Å². The van der Waals surface area contributed by atoms with Crippen LogP contribution in [0, 0.1) is 5.82 Å². The van der Waals surface area contributed by atoms with Crippen molar-refractivity contribution in [3.05, 3.63) is 58.4 Å². The molecule has 0 aromatic heterocycles. The molecule has 1 aliphatic rings. The van der Waals surface area contributed by atoms with Gasteiger partial charge in [0.25, 0.3) is 0 Å². The van der Waals surface area contributed by atoms with Crippen molar-refractivity contribution in [3.63, 3.8) is 0 Å². The molecule has 0 radical (unpaired) electrons. The summed E-state index contributed by atoms with van der Waals surface area (Å²) in [7, 11) is 0. The lowest BCUT2D eigenvalue weighted by atomic mass is 9.96. The van der Waals surface area contributed by atoms with Crippen LogP contribution in [0.2, 0.25) is 5.02 Å². The summed E-state index contributed by atoms with van der Waals surface area (Å²) >= 11 is 5.85. The maximum atomic E-state index is 13.1. The quantitative estimate of drug-likeness (QED) is 0.867. The van der Waals surface area contributed by atoms with Crippen LogP contribution in [0.25, 0.3) is 0 Å². The lowest BCUT2D eigenvalue weighted by Gasteiger charge is -2.25. The summed E-state index contributed by atoms with van der Waals surface area (Å²) in [5.74, 6) is -0.316. The Morgan fingerprint density at radius 2 is 2.05 bits per heavy atom. The first-order valence-electron chi connectivity index (χ1n) is 6.02. The molecule has 1 heterocycles. The molecule has 0 amide bonds. The van der Waals surface area contributed by atoms with Crippen LogP contribution in [-0.4, -0.2) is 10.9 Å². The van der Waals surface area contributed by atoms with E-state index in [4.69, 9.17) is 16.3 Å². The first-order valence-corrected chi connectivity index (χ1v) is 6.40. The van der Waals surface area contributed by atoms with Crippen molar-refractivity contribution in [2.75, 3.05) is 0 Å². The summed E-state index contributed by atoms with van der Waals surface area (Å²) in [6, 6.07) is 8.52. The van der Waals surface area contributed by atoms with E-state index in [1.54, 1.807) is 12.1 Å². The number of ketones is 1. The first kappa shape index (κ1) is 12.9. The minimum atomic E-state index is -0.487. The van der Waals surface area contributed by atoms with Gasteiger partial charge in [-0.15, -0.1) is 0 Å². The molecule has 102 valence electrons. The molecule has 1 atom stereocenters. The number of hydrogen-bond donors (Lipinski definition) is 1. The van der Waals surface area contributed by atoms with Crippen LogP contribution in [0.5, 0.6) is 11.5 Å². The van der Waals surface area contributed by atoms with Crippen LogP contribution in [-0.2, 0) is 0 Å². The van der Waals surface area contributed by atoms with E-state index < -0.39 is 11.9 Å². The van der Waals surface area contributed by atoms with Gasteiger partial charge in [0.1, 0.15) is 23.4 Å². The van der Waals surface area contributed by atoms with Crippen molar-refractivity contribution in [1.29, 1.82) is 0 Å². The summed E-state index contributed by atoms with van der Waals surface area (Å²) in [5.41, 5.74) is 0.947. The standard InChI is InChI=1S/C15H10ClFO3/c16-11-5-8(1-3-12(11)18)15-7-13(19)10-6-9(17)2-4-14(10)20-15/h1-6,15,18H,7H2. The molecule has 2 aromatic rings. The molecular formula is C15H10ClFO3. The highest BCUT2D eigenvalue weighted by Gasteiger charge is 2.28. The number of ether oxygens (including phenoxy) is 1. The fraction of sp³-hybridized carbons (Fsp3) is 0.133. The third kappa shape index (κ3) is 2.23. The third-order valence-electron chi connectivity index (χ3n) is 3.23. The second-order valence-electron chi connectivity index (χ2n) is 4.59. The van der Waals surface area contributed by atoms with Gasteiger partial charge in [-0.05, 0) is 35.9 Å². The lowest BCUT2D eigenvalue weighted by Crippen LogP contribution is -2.20. The maximum absolute atomic E-state index is 13.1. The number of aromatic hydroxyl groups is 1. The van der Waals surface area contributed by atoms with E-state index in [2.05, 4.69) is 0 Å². The van der Waals surface area contributed by atoms with Crippen LogP contribution in [0.3, 0.4) is 0 Å². The van der Waals surface area contributed by atoms with Crippen LogP contribution in [0.1, 0.15) is 28.4 Å². The van der Waals surface area contributed by atoms with E-state index in [0.29, 0.717) is 11.3 Å². The van der Waals surface area contributed by atoms with Crippen molar-refractivity contribution in [2.24, 2.45) is 0 Å². The number of hydrogen-bond acceptors (Lipinski definition) is 3. The molecule has 1 N–H and O–H groups in total. The Balaban J connectivity index is 1.97. The number of fused-ring (bicyclic) bond motifs is 1. The Kier molecular flexibility index (Phi) is 3.10. The largest absolute Gasteiger partial charge is 0.506 e. The predicted molar refractivity (Wildman–Crippen MR) is 71.8 cm³/mol. The van der Waals surface area contributed by atoms with Gasteiger partial charge in [0, 0.05) is 0 Å². The first-order chi connectivity index (χ1) is 9.54. The van der Waals surface area contributed by atoms with Gasteiger partial charge in [-0.25, -0.2) is 4.39 Å². The van der Waals surface area contributed by atoms with Gasteiger partial charge in [-0.1, -0.05) is 17.7 Å². The third-order valence-corrected chi connectivity index (χ3v) is 3.53. The van der Waals surface area contributed by atoms with E-state index in [1.165, 1.54) is 24.3 Å². The fourth-order valence-corrected chi connectivity index (χ4v) is 2.39. The Labute approximate surface area is 119 Å². The summed E-state index contributed by atoms with van der Waals surface area (Å²) in [6.07, 6.45) is -0.379. The monoisotopic (exact) mass is 292 g/mol. The van der Waals surface area contributed by atoms with Gasteiger partial charge < -0.3 is 9.84 Å². The van der Waals surface area contributed by atoms with E-state index >= 15 is 0 Å². The van der Waals surface area contributed by atoms with Crippen LogP contribution < -0.4 is 4.74 Å². The molecule has 3 rings (SSSR count). The molecule has 5 heteroatoms. The number of carbonyl (C=O) groups excluding carboxylic acids is 1. The molecule has 3 nitrogen and oxygen atoms in total. The molecule has 0 fully saturated rings. The molecule has 1 aliphatic heterocycles. The smallest absolute Gasteiger partial charge is 0.170 e. The maximum Gasteiger partial charge on any atom is 0.170 e. The molecule has 0 spiro atoms. The molecule has 0 saturated carbocycles. The van der Waals surface area contributed by atoms with Crippen LogP contribution in [0.4, 0.5) is 4.39 Å². The van der Waals surface area contributed by atoms with Crippen molar-refractivity contribution in [1.82, 2.24) is 0 Å². The summed E-state index contributed by atoms with van der Waals surface area (Å²) in [5, 5.41) is 9.60. The summed E-state index contributed by atoms with van der Waals surface area (Å²) in [6.45, 7) is 0.